The monoisotopic (exact) mass is 397 g/mol. The fourth-order valence-electron chi connectivity index (χ4n) is 2.10. The number of amides is 1. The van der Waals surface area contributed by atoms with Gasteiger partial charge in [0.05, 0.1) is 15.7 Å². The van der Waals surface area contributed by atoms with E-state index in [1.165, 1.54) is 18.2 Å². The Morgan fingerprint density at radius 3 is 2.76 bits per heavy atom. The summed E-state index contributed by atoms with van der Waals surface area (Å²) in [6.45, 7) is -0.482. The lowest BCUT2D eigenvalue weighted by Gasteiger charge is -2.08. The molecular formula is C17H10Cl2FNO3S. The number of benzene rings is 2. The predicted molar refractivity (Wildman–Crippen MR) is 97.2 cm³/mol. The molecule has 25 heavy (non-hydrogen) atoms. The van der Waals surface area contributed by atoms with Gasteiger partial charge < -0.3 is 10.1 Å². The van der Waals surface area contributed by atoms with Crippen molar-refractivity contribution < 1.29 is 18.7 Å². The Kier molecular flexibility index (Phi) is 5.22. The summed E-state index contributed by atoms with van der Waals surface area (Å²) in [6, 6.07) is 10.5. The fourth-order valence-corrected chi connectivity index (χ4v) is 3.39. The average molecular weight is 398 g/mol. The van der Waals surface area contributed by atoms with Crippen LogP contribution in [0.5, 0.6) is 0 Å². The number of carbonyl (C=O) groups is 2. The number of fused-ring (bicyclic) bond motifs is 1. The summed E-state index contributed by atoms with van der Waals surface area (Å²) in [5.41, 5.74) is 0.326. The van der Waals surface area contributed by atoms with E-state index in [0.717, 1.165) is 16.0 Å². The normalized spacial score (nSPS) is 10.7. The lowest BCUT2D eigenvalue weighted by atomic mass is 10.2. The summed E-state index contributed by atoms with van der Waals surface area (Å²) in [5.74, 6) is -1.60. The molecule has 1 N–H and O–H groups in total. The molecule has 0 aliphatic rings. The summed E-state index contributed by atoms with van der Waals surface area (Å²) in [5, 5.41) is 3.62. The van der Waals surface area contributed by atoms with E-state index in [2.05, 4.69) is 5.32 Å². The maximum absolute atomic E-state index is 13.2. The van der Waals surface area contributed by atoms with Crippen LogP contribution in [0, 0.1) is 5.82 Å². The molecule has 0 spiro atoms. The zero-order valence-electron chi connectivity index (χ0n) is 12.5. The highest BCUT2D eigenvalue weighted by Gasteiger charge is 2.15. The van der Waals surface area contributed by atoms with Crippen LogP contribution in [-0.4, -0.2) is 18.5 Å². The molecule has 2 aromatic carbocycles. The van der Waals surface area contributed by atoms with Crippen molar-refractivity contribution in [1.29, 1.82) is 0 Å². The molecule has 1 aromatic heterocycles. The number of hydrogen-bond donors (Lipinski definition) is 1. The van der Waals surface area contributed by atoms with Crippen LogP contribution in [-0.2, 0) is 9.53 Å². The quantitative estimate of drug-likeness (QED) is 0.619. The topological polar surface area (TPSA) is 55.4 Å². The number of anilines is 1. The first-order valence-electron chi connectivity index (χ1n) is 7.04. The lowest BCUT2D eigenvalue weighted by molar-refractivity contribution is -0.119. The number of ether oxygens (including phenoxy) is 1. The van der Waals surface area contributed by atoms with Crippen molar-refractivity contribution in [1.82, 2.24) is 0 Å². The van der Waals surface area contributed by atoms with Crippen molar-refractivity contribution in [2.45, 2.75) is 0 Å². The van der Waals surface area contributed by atoms with Gasteiger partial charge in [0.1, 0.15) is 10.7 Å². The van der Waals surface area contributed by atoms with Crippen LogP contribution in [0.2, 0.25) is 10.0 Å². The van der Waals surface area contributed by atoms with Gasteiger partial charge in [0.25, 0.3) is 5.91 Å². The summed E-state index contributed by atoms with van der Waals surface area (Å²) in [7, 11) is 0. The van der Waals surface area contributed by atoms with E-state index in [0.29, 0.717) is 16.1 Å². The fraction of sp³-hybridized carbons (Fsp3) is 0.0588. The van der Waals surface area contributed by atoms with Gasteiger partial charge >= 0.3 is 5.97 Å². The molecule has 128 valence electrons. The van der Waals surface area contributed by atoms with Crippen LogP contribution in [0.25, 0.3) is 10.1 Å². The largest absolute Gasteiger partial charge is 0.451 e. The van der Waals surface area contributed by atoms with Gasteiger partial charge in [-0.1, -0.05) is 29.3 Å². The van der Waals surface area contributed by atoms with E-state index in [-0.39, 0.29) is 15.7 Å². The van der Waals surface area contributed by atoms with Crippen LogP contribution in [0.4, 0.5) is 10.1 Å². The van der Waals surface area contributed by atoms with Gasteiger partial charge in [-0.25, -0.2) is 9.18 Å². The minimum atomic E-state index is -0.658. The predicted octanol–water partition coefficient (Wildman–Crippen LogP) is 5.14. The summed E-state index contributed by atoms with van der Waals surface area (Å²) in [6.07, 6.45) is 0. The number of carbonyl (C=O) groups excluding carboxylic acids is 2. The molecule has 0 atom stereocenters. The molecule has 0 saturated heterocycles. The van der Waals surface area contributed by atoms with Gasteiger partial charge in [0.2, 0.25) is 0 Å². The number of nitrogens with one attached hydrogen (secondary N) is 1. The Balaban J connectivity index is 1.63. The van der Waals surface area contributed by atoms with Gasteiger partial charge in [-0.05, 0) is 41.8 Å². The first-order valence-corrected chi connectivity index (χ1v) is 8.61. The minimum absolute atomic E-state index is 0.204. The van der Waals surface area contributed by atoms with Crippen molar-refractivity contribution >= 4 is 62.2 Å². The molecule has 0 radical (unpaired) electrons. The molecule has 3 aromatic rings. The smallest absolute Gasteiger partial charge is 0.348 e. The zero-order chi connectivity index (χ0) is 18.0. The SMILES string of the molecule is O=C(COC(=O)c1cc2cc(F)ccc2s1)Nc1cccc(Cl)c1Cl. The lowest BCUT2D eigenvalue weighted by Crippen LogP contribution is -2.20. The summed E-state index contributed by atoms with van der Waals surface area (Å²) < 4.78 is 18.9. The van der Waals surface area contributed by atoms with E-state index in [1.54, 1.807) is 24.3 Å². The number of esters is 1. The molecule has 0 unspecified atom stereocenters. The van der Waals surface area contributed by atoms with Crippen molar-refractivity contribution in [2.24, 2.45) is 0 Å². The van der Waals surface area contributed by atoms with Crippen molar-refractivity contribution in [3.05, 3.63) is 63.2 Å². The molecular weight excluding hydrogens is 388 g/mol. The molecule has 0 aliphatic carbocycles. The number of rotatable bonds is 4. The van der Waals surface area contributed by atoms with Gasteiger partial charge in [0, 0.05) is 4.70 Å². The highest BCUT2D eigenvalue weighted by molar-refractivity contribution is 7.20. The van der Waals surface area contributed by atoms with Crippen LogP contribution < -0.4 is 5.32 Å². The summed E-state index contributed by atoms with van der Waals surface area (Å²) in [4.78, 5) is 24.2. The highest BCUT2D eigenvalue weighted by atomic mass is 35.5. The molecule has 1 amide bonds. The van der Waals surface area contributed by atoms with E-state index in [9.17, 15) is 14.0 Å². The third kappa shape index (κ3) is 4.10. The van der Waals surface area contributed by atoms with Crippen molar-refractivity contribution in [3.63, 3.8) is 0 Å². The van der Waals surface area contributed by atoms with Crippen LogP contribution in [0.1, 0.15) is 9.67 Å². The summed E-state index contributed by atoms with van der Waals surface area (Å²) >= 11 is 13.0. The molecule has 0 fully saturated rings. The first-order chi connectivity index (χ1) is 11.9. The number of thiophene rings is 1. The minimum Gasteiger partial charge on any atom is -0.451 e. The van der Waals surface area contributed by atoms with Crippen LogP contribution >= 0.6 is 34.5 Å². The molecule has 1 heterocycles. The zero-order valence-corrected chi connectivity index (χ0v) is 14.8. The molecule has 8 heteroatoms. The molecule has 0 bridgehead atoms. The number of halogens is 3. The Hall–Kier alpha value is -2.15. The van der Waals surface area contributed by atoms with Crippen LogP contribution in [0.3, 0.4) is 0 Å². The second kappa shape index (κ2) is 7.39. The third-order valence-electron chi connectivity index (χ3n) is 3.24. The first kappa shape index (κ1) is 17.7. The Morgan fingerprint density at radius 2 is 1.96 bits per heavy atom. The molecule has 4 nitrogen and oxygen atoms in total. The van der Waals surface area contributed by atoms with Gasteiger partial charge in [-0.2, -0.15) is 0 Å². The van der Waals surface area contributed by atoms with Gasteiger partial charge in [0.15, 0.2) is 6.61 Å². The van der Waals surface area contributed by atoms with Crippen molar-refractivity contribution in [2.75, 3.05) is 11.9 Å². The second-order valence-electron chi connectivity index (χ2n) is 5.02. The van der Waals surface area contributed by atoms with E-state index >= 15 is 0 Å². The van der Waals surface area contributed by atoms with Gasteiger partial charge in [-0.15, -0.1) is 11.3 Å². The second-order valence-corrected chi connectivity index (χ2v) is 6.89. The molecule has 0 saturated carbocycles. The van der Waals surface area contributed by atoms with E-state index in [4.69, 9.17) is 27.9 Å². The maximum Gasteiger partial charge on any atom is 0.348 e. The standard InChI is InChI=1S/C17H10Cl2FNO3S/c18-11-2-1-3-12(16(11)19)21-15(22)8-24-17(23)14-7-9-6-10(20)4-5-13(9)25-14/h1-7H,8H2,(H,21,22). The third-order valence-corrected chi connectivity index (χ3v) is 5.15. The molecule has 3 rings (SSSR count). The highest BCUT2D eigenvalue weighted by Crippen LogP contribution is 2.29. The van der Waals surface area contributed by atoms with E-state index < -0.39 is 18.5 Å². The Labute approximate surface area is 156 Å². The Morgan fingerprint density at radius 1 is 1.16 bits per heavy atom. The average Bonchev–Trinajstić information content (AvgIpc) is 3.00. The van der Waals surface area contributed by atoms with Gasteiger partial charge in [-0.3, -0.25) is 4.79 Å². The van der Waals surface area contributed by atoms with Crippen LogP contribution in [0.15, 0.2) is 42.5 Å². The Bertz CT molecular complexity index is 974. The van der Waals surface area contributed by atoms with Crippen molar-refractivity contribution in [3.8, 4) is 0 Å². The number of hydrogen-bond acceptors (Lipinski definition) is 4. The molecule has 0 aliphatic heterocycles. The maximum atomic E-state index is 13.2. The van der Waals surface area contributed by atoms with E-state index in [1.807, 2.05) is 0 Å².